The van der Waals surface area contributed by atoms with Crippen LogP contribution in [0.15, 0.2) is 42.6 Å². The standard InChI is InChI=1S/C20H27N3O/c1-5-12-23(15(3)4)18-10-11-19(21-14-18)22-20(24)17-9-7-8-16(6-2)13-17/h7-11,13-15H,5-6,12H2,1-4H3,(H,21,22,24). The fourth-order valence-corrected chi connectivity index (χ4v) is 2.68. The molecule has 24 heavy (non-hydrogen) atoms. The van der Waals surface area contributed by atoms with Crippen LogP contribution in [0.4, 0.5) is 11.5 Å². The lowest BCUT2D eigenvalue weighted by molar-refractivity contribution is 0.102. The fourth-order valence-electron chi connectivity index (χ4n) is 2.68. The van der Waals surface area contributed by atoms with Crippen LogP contribution in [0.25, 0.3) is 0 Å². The number of carbonyl (C=O) groups is 1. The largest absolute Gasteiger partial charge is 0.368 e. The van der Waals surface area contributed by atoms with Crippen molar-refractivity contribution in [2.45, 2.75) is 46.6 Å². The van der Waals surface area contributed by atoms with Gasteiger partial charge in [0.25, 0.3) is 5.91 Å². The Balaban J connectivity index is 2.09. The van der Waals surface area contributed by atoms with Crippen LogP contribution in [0.3, 0.4) is 0 Å². The molecular formula is C20H27N3O. The Bertz CT molecular complexity index is 665. The van der Waals surface area contributed by atoms with Crippen molar-refractivity contribution in [3.8, 4) is 0 Å². The molecule has 0 aliphatic heterocycles. The zero-order valence-corrected chi connectivity index (χ0v) is 15.0. The highest BCUT2D eigenvalue weighted by Gasteiger charge is 2.11. The first-order valence-electron chi connectivity index (χ1n) is 8.68. The highest BCUT2D eigenvalue weighted by Crippen LogP contribution is 2.18. The predicted octanol–water partition coefficient (Wildman–Crippen LogP) is 4.52. The van der Waals surface area contributed by atoms with E-state index >= 15 is 0 Å². The molecule has 1 amide bonds. The summed E-state index contributed by atoms with van der Waals surface area (Å²) in [4.78, 5) is 19.1. The molecule has 128 valence electrons. The summed E-state index contributed by atoms with van der Waals surface area (Å²) >= 11 is 0. The summed E-state index contributed by atoms with van der Waals surface area (Å²) in [7, 11) is 0. The first kappa shape index (κ1) is 18.0. The van der Waals surface area contributed by atoms with Gasteiger partial charge in [-0.2, -0.15) is 0 Å². The SMILES string of the molecule is CCCN(c1ccc(NC(=O)c2cccc(CC)c2)nc1)C(C)C. The maximum Gasteiger partial charge on any atom is 0.256 e. The third-order valence-corrected chi connectivity index (χ3v) is 4.01. The molecule has 0 saturated carbocycles. The van der Waals surface area contributed by atoms with Crippen molar-refractivity contribution < 1.29 is 4.79 Å². The van der Waals surface area contributed by atoms with E-state index in [9.17, 15) is 4.79 Å². The van der Waals surface area contributed by atoms with Crippen LogP contribution in [-0.2, 0) is 6.42 Å². The van der Waals surface area contributed by atoms with Crippen LogP contribution in [0.2, 0.25) is 0 Å². The average molecular weight is 325 g/mol. The van der Waals surface area contributed by atoms with Gasteiger partial charge in [-0.1, -0.05) is 26.0 Å². The summed E-state index contributed by atoms with van der Waals surface area (Å²) in [5, 5.41) is 2.87. The van der Waals surface area contributed by atoms with E-state index in [-0.39, 0.29) is 5.91 Å². The monoisotopic (exact) mass is 325 g/mol. The molecule has 2 rings (SSSR count). The van der Waals surface area contributed by atoms with Gasteiger partial charge in [0.15, 0.2) is 0 Å². The fraction of sp³-hybridized carbons (Fsp3) is 0.400. The Labute approximate surface area is 144 Å². The van der Waals surface area contributed by atoms with Crippen LogP contribution in [0.5, 0.6) is 0 Å². The normalized spacial score (nSPS) is 10.7. The van der Waals surface area contributed by atoms with E-state index in [1.807, 2.05) is 42.6 Å². The smallest absolute Gasteiger partial charge is 0.256 e. The van der Waals surface area contributed by atoms with Gasteiger partial charge in [0.1, 0.15) is 5.82 Å². The van der Waals surface area contributed by atoms with Gasteiger partial charge in [0.05, 0.1) is 11.9 Å². The summed E-state index contributed by atoms with van der Waals surface area (Å²) < 4.78 is 0. The van der Waals surface area contributed by atoms with Crippen LogP contribution in [0, 0.1) is 0 Å². The van der Waals surface area contributed by atoms with Gasteiger partial charge >= 0.3 is 0 Å². The molecule has 0 spiro atoms. The number of benzene rings is 1. The Morgan fingerprint density at radius 2 is 2.00 bits per heavy atom. The van der Waals surface area contributed by atoms with E-state index in [0.29, 0.717) is 17.4 Å². The molecular weight excluding hydrogens is 298 g/mol. The minimum atomic E-state index is -0.125. The lowest BCUT2D eigenvalue weighted by atomic mass is 10.1. The zero-order chi connectivity index (χ0) is 17.5. The topological polar surface area (TPSA) is 45.2 Å². The molecule has 1 N–H and O–H groups in total. The number of hydrogen-bond acceptors (Lipinski definition) is 3. The highest BCUT2D eigenvalue weighted by molar-refractivity contribution is 6.03. The zero-order valence-electron chi connectivity index (χ0n) is 15.0. The summed E-state index contributed by atoms with van der Waals surface area (Å²) in [5.74, 6) is 0.450. The van der Waals surface area contributed by atoms with E-state index < -0.39 is 0 Å². The van der Waals surface area contributed by atoms with Crippen molar-refractivity contribution in [3.63, 3.8) is 0 Å². The van der Waals surface area contributed by atoms with Gasteiger partial charge in [-0.3, -0.25) is 4.79 Å². The number of carbonyl (C=O) groups excluding carboxylic acids is 1. The Morgan fingerprint density at radius 3 is 2.58 bits per heavy atom. The molecule has 1 heterocycles. The lowest BCUT2D eigenvalue weighted by Gasteiger charge is -2.28. The lowest BCUT2D eigenvalue weighted by Crippen LogP contribution is -2.31. The molecule has 0 radical (unpaired) electrons. The summed E-state index contributed by atoms with van der Waals surface area (Å²) in [6.07, 6.45) is 3.83. The Morgan fingerprint density at radius 1 is 1.21 bits per heavy atom. The van der Waals surface area contributed by atoms with E-state index in [1.54, 1.807) is 0 Å². The van der Waals surface area contributed by atoms with E-state index in [4.69, 9.17) is 0 Å². The molecule has 1 aromatic heterocycles. The third kappa shape index (κ3) is 4.57. The number of rotatable bonds is 7. The van der Waals surface area contributed by atoms with Gasteiger partial charge in [-0.25, -0.2) is 4.98 Å². The molecule has 2 aromatic rings. The van der Waals surface area contributed by atoms with Gasteiger partial charge < -0.3 is 10.2 Å². The van der Waals surface area contributed by atoms with Crippen molar-refractivity contribution in [1.29, 1.82) is 0 Å². The molecule has 0 bridgehead atoms. The Kier molecular flexibility index (Phi) is 6.36. The molecule has 0 aliphatic rings. The van der Waals surface area contributed by atoms with Gasteiger partial charge in [-0.05, 0) is 56.5 Å². The molecule has 4 nitrogen and oxygen atoms in total. The van der Waals surface area contributed by atoms with Gasteiger partial charge in [-0.15, -0.1) is 0 Å². The van der Waals surface area contributed by atoms with Gasteiger partial charge in [0, 0.05) is 18.2 Å². The second-order valence-electron chi connectivity index (χ2n) is 6.20. The number of amides is 1. The van der Waals surface area contributed by atoms with Crippen LogP contribution >= 0.6 is 0 Å². The first-order chi connectivity index (χ1) is 11.5. The second-order valence-corrected chi connectivity index (χ2v) is 6.20. The molecule has 0 atom stereocenters. The predicted molar refractivity (Wildman–Crippen MR) is 101 cm³/mol. The number of nitrogens with zero attached hydrogens (tertiary/aromatic N) is 2. The number of aryl methyl sites for hydroxylation is 1. The summed E-state index contributed by atoms with van der Waals surface area (Å²) in [5.41, 5.74) is 2.89. The number of aromatic nitrogens is 1. The van der Waals surface area contributed by atoms with Crippen LogP contribution in [0.1, 0.15) is 50.0 Å². The third-order valence-electron chi connectivity index (χ3n) is 4.01. The number of nitrogens with one attached hydrogen (secondary N) is 1. The highest BCUT2D eigenvalue weighted by atomic mass is 16.1. The van der Waals surface area contributed by atoms with E-state index in [1.165, 1.54) is 0 Å². The molecule has 0 aliphatic carbocycles. The van der Waals surface area contributed by atoms with Gasteiger partial charge in [0.2, 0.25) is 0 Å². The van der Waals surface area contributed by atoms with Crippen molar-refractivity contribution in [2.24, 2.45) is 0 Å². The molecule has 1 aromatic carbocycles. The summed E-state index contributed by atoms with van der Waals surface area (Å²) in [6, 6.07) is 12.0. The van der Waals surface area contributed by atoms with Crippen LogP contribution in [-0.4, -0.2) is 23.5 Å². The maximum absolute atomic E-state index is 12.4. The quantitative estimate of drug-likeness (QED) is 0.814. The first-order valence-corrected chi connectivity index (χ1v) is 8.68. The van der Waals surface area contributed by atoms with E-state index in [2.05, 4.69) is 42.9 Å². The van der Waals surface area contributed by atoms with Crippen molar-refractivity contribution in [3.05, 3.63) is 53.7 Å². The van der Waals surface area contributed by atoms with Crippen molar-refractivity contribution >= 4 is 17.4 Å². The average Bonchev–Trinajstić information content (AvgIpc) is 2.60. The minimum Gasteiger partial charge on any atom is -0.368 e. The molecule has 4 heteroatoms. The molecule has 0 unspecified atom stereocenters. The minimum absolute atomic E-state index is 0.125. The Hall–Kier alpha value is -2.36. The maximum atomic E-state index is 12.4. The van der Waals surface area contributed by atoms with Crippen molar-refractivity contribution in [2.75, 3.05) is 16.8 Å². The number of pyridine rings is 1. The van der Waals surface area contributed by atoms with E-state index in [0.717, 1.165) is 30.6 Å². The number of hydrogen-bond donors (Lipinski definition) is 1. The summed E-state index contributed by atoms with van der Waals surface area (Å²) in [6.45, 7) is 9.59. The van der Waals surface area contributed by atoms with Crippen LogP contribution < -0.4 is 10.2 Å². The van der Waals surface area contributed by atoms with Crippen molar-refractivity contribution in [1.82, 2.24) is 4.98 Å². The molecule has 0 saturated heterocycles. The molecule has 0 fully saturated rings. The second kappa shape index (κ2) is 8.48. The number of anilines is 2.